The first-order chi connectivity index (χ1) is 7.86. The predicted molar refractivity (Wildman–Crippen MR) is 63.4 cm³/mol. The van der Waals surface area contributed by atoms with Crippen LogP contribution in [0.2, 0.25) is 0 Å². The zero-order valence-electron chi connectivity index (χ0n) is 9.63. The Morgan fingerprint density at radius 3 is 2.53 bits per heavy atom. The Kier molecular flexibility index (Phi) is 3.25. The number of aliphatic hydroxyl groups is 1. The van der Waals surface area contributed by atoms with Gasteiger partial charge < -0.3 is 5.11 Å². The van der Waals surface area contributed by atoms with Crippen molar-refractivity contribution in [2.75, 3.05) is 0 Å². The van der Waals surface area contributed by atoms with Crippen LogP contribution >= 0.6 is 0 Å². The van der Waals surface area contributed by atoms with Crippen LogP contribution in [0.15, 0.2) is 23.1 Å². The van der Waals surface area contributed by atoms with Gasteiger partial charge in [-0.05, 0) is 43.7 Å². The van der Waals surface area contributed by atoms with Crippen molar-refractivity contribution in [3.05, 3.63) is 29.3 Å². The quantitative estimate of drug-likeness (QED) is 0.805. The molecule has 2 rings (SSSR count). The molecule has 0 saturated heterocycles. The Labute approximate surface area is 101 Å². The van der Waals surface area contributed by atoms with E-state index in [1.165, 1.54) is 6.07 Å². The molecule has 94 valence electrons. The normalized spacial score (nSPS) is 24.4. The highest BCUT2D eigenvalue weighted by Crippen LogP contribution is 2.32. The molecule has 1 saturated carbocycles. The molecular formula is C12H16O4S. The third-order valence-corrected chi connectivity index (χ3v) is 4.17. The van der Waals surface area contributed by atoms with Crippen LogP contribution < -0.4 is 0 Å². The maximum Gasteiger partial charge on any atom is 0.294 e. The van der Waals surface area contributed by atoms with Crippen molar-refractivity contribution in [3.63, 3.8) is 0 Å². The van der Waals surface area contributed by atoms with Crippen LogP contribution in [0.25, 0.3) is 0 Å². The molecule has 1 aliphatic carbocycles. The molecule has 0 bridgehead atoms. The molecule has 0 unspecified atom stereocenters. The monoisotopic (exact) mass is 256 g/mol. The van der Waals surface area contributed by atoms with Crippen LogP contribution in [-0.4, -0.2) is 24.2 Å². The second-order valence-electron chi connectivity index (χ2n) is 4.78. The fourth-order valence-electron chi connectivity index (χ4n) is 2.30. The summed E-state index contributed by atoms with van der Waals surface area (Å²) in [4.78, 5) is -0.00973. The van der Waals surface area contributed by atoms with Crippen LogP contribution in [0.1, 0.15) is 24.0 Å². The summed E-state index contributed by atoms with van der Waals surface area (Å²) in [6.07, 6.45) is 1.75. The fraction of sp³-hybridized carbons (Fsp3) is 0.500. The van der Waals surface area contributed by atoms with E-state index in [2.05, 4.69) is 0 Å². The summed E-state index contributed by atoms with van der Waals surface area (Å²) in [7, 11) is -4.16. The average Bonchev–Trinajstić information content (AvgIpc) is 2.13. The number of aryl methyl sites for hydroxylation is 1. The lowest BCUT2D eigenvalue weighted by Crippen LogP contribution is -2.30. The molecule has 0 atom stereocenters. The molecular weight excluding hydrogens is 240 g/mol. The van der Waals surface area contributed by atoms with E-state index in [4.69, 9.17) is 4.55 Å². The lowest BCUT2D eigenvalue weighted by molar-refractivity contribution is 0.0430. The average molecular weight is 256 g/mol. The second-order valence-corrected chi connectivity index (χ2v) is 6.17. The summed E-state index contributed by atoms with van der Waals surface area (Å²) in [5, 5.41) is 9.21. The van der Waals surface area contributed by atoms with Crippen molar-refractivity contribution in [1.29, 1.82) is 0 Å². The van der Waals surface area contributed by atoms with Gasteiger partial charge in [0.1, 0.15) is 0 Å². The molecule has 0 aliphatic heterocycles. The number of aliphatic hydroxyl groups excluding tert-OH is 1. The maximum atomic E-state index is 11.2. The predicted octanol–water partition coefficient (Wildman–Crippen LogP) is 1.56. The molecule has 0 amide bonds. The van der Waals surface area contributed by atoms with Crippen molar-refractivity contribution in [2.45, 2.75) is 37.2 Å². The van der Waals surface area contributed by atoms with Crippen molar-refractivity contribution in [1.82, 2.24) is 0 Å². The second kappa shape index (κ2) is 4.40. The van der Waals surface area contributed by atoms with Gasteiger partial charge in [0.05, 0.1) is 11.0 Å². The molecule has 1 fully saturated rings. The highest BCUT2D eigenvalue weighted by Gasteiger charge is 2.28. The summed E-state index contributed by atoms with van der Waals surface area (Å²) in [6, 6.07) is 4.89. The molecule has 1 aromatic carbocycles. The van der Waals surface area contributed by atoms with E-state index in [1.807, 2.05) is 6.92 Å². The van der Waals surface area contributed by atoms with E-state index in [9.17, 15) is 13.5 Å². The summed E-state index contributed by atoms with van der Waals surface area (Å²) in [5.74, 6) is 0.312. The smallest absolute Gasteiger partial charge is 0.294 e. The van der Waals surface area contributed by atoms with Gasteiger partial charge in [-0.3, -0.25) is 4.55 Å². The van der Waals surface area contributed by atoms with Crippen molar-refractivity contribution < 1.29 is 18.1 Å². The standard InChI is InChI=1S/C12H16O4S/c1-8-2-3-12(17(14,15)16)10(4-8)5-9-6-11(13)7-9/h2-4,9,11,13H,5-7H2,1H3,(H,14,15,16). The summed E-state index contributed by atoms with van der Waals surface area (Å²) < 4.78 is 31.6. The first-order valence-electron chi connectivity index (χ1n) is 5.61. The van der Waals surface area contributed by atoms with E-state index in [0.717, 1.165) is 5.56 Å². The van der Waals surface area contributed by atoms with Crippen LogP contribution in [0, 0.1) is 12.8 Å². The Bertz CT molecular complexity index is 515. The van der Waals surface area contributed by atoms with Gasteiger partial charge in [-0.15, -0.1) is 0 Å². The Hall–Kier alpha value is -0.910. The molecule has 0 radical (unpaired) electrons. The number of benzene rings is 1. The summed E-state index contributed by atoms with van der Waals surface area (Å²) >= 11 is 0. The molecule has 2 N–H and O–H groups in total. The molecule has 0 aromatic heterocycles. The molecule has 0 spiro atoms. The van der Waals surface area contributed by atoms with Gasteiger partial charge in [-0.25, -0.2) is 0 Å². The van der Waals surface area contributed by atoms with Gasteiger partial charge in [0.2, 0.25) is 0 Å². The highest BCUT2D eigenvalue weighted by atomic mass is 32.2. The minimum absolute atomic E-state index is 0.00973. The van der Waals surface area contributed by atoms with Gasteiger partial charge in [-0.1, -0.05) is 17.7 Å². The Morgan fingerprint density at radius 2 is 2.00 bits per heavy atom. The zero-order chi connectivity index (χ0) is 12.6. The fourth-order valence-corrected chi connectivity index (χ4v) is 3.01. The molecule has 1 aromatic rings. The van der Waals surface area contributed by atoms with Crippen LogP contribution in [0.3, 0.4) is 0 Å². The molecule has 4 nitrogen and oxygen atoms in total. The lowest BCUT2D eigenvalue weighted by Gasteiger charge is -2.31. The van der Waals surface area contributed by atoms with E-state index in [-0.39, 0.29) is 11.0 Å². The van der Waals surface area contributed by atoms with Crippen molar-refractivity contribution in [3.8, 4) is 0 Å². The number of rotatable bonds is 3. The molecule has 1 aliphatic rings. The maximum absolute atomic E-state index is 11.2. The van der Waals surface area contributed by atoms with Gasteiger partial charge in [-0.2, -0.15) is 8.42 Å². The largest absolute Gasteiger partial charge is 0.393 e. The van der Waals surface area contributed by atoms with Crippen LogP contribution in [0.5, 0.6) is 0 Å². The van der Waals surface area contributed by atoms with E-state index < -0.39 is 10.1 Å². The highest BCUT2D eigenvalue weighted by molar-refractivity contribution is 7.85. The van der Waals surface area contributed by atoms with Crippen molar-refractivity contribution >= 4 is 10.1 Å². The third-order valence-electron chi connectivity index (χ3n) is 3.21. The third kappa shape index (κ3) is 2.86. The first kappa shape index (κ1) is 12.5. The van der Waals surface area contributed by atoms with E-state index >= 15 is 0 Å². The van der Waals surface area contributed by atoms with Crippen LogP contribution in [0.4, 0.5) is 0 Å². The molecule has 5 heteroatoms. The molecule has 0 heterocycles. The zero-order valence-corrected chi connectivity index (χ0v) is 10.4. The van der Waals surface area contributed by atoms with E-state index in [1.54, 1.807) is 12.1 Å². The van der Waals surface area contributed by atoms with Gasteiger partial charge in [0.25, 0.3) is 10.1 Å². The molecule has 17 heavy (non-hydrogen) atoms. The van der Waals surface area contributed by atoms with E-state index in [0.29, 0.717) is 30.7 Å². The van der Waals surface area contributed by atoms with Crippen LogP contribution in [-0.2, 0) is 16.5 Å². The SMILES string of the molecule is Cc1ccc(S(=O)(=O)O)c(CC2CC(O)C2)c1. The van der Waals surface area contributed by atoms with Gasteiger partial charge in [0.15, 0.2) is 0 Å². The Balaban J connectivity index is 2.28. The van der Waals surface area contributed by atoms with Crippen molar-refractivity contribution in [2.24, 2.45) is 5.92 Å². The Morgan fingerprint density at radius 1 is 1.35 bits per heavy atom. The number of hydrogen-bond donors (Lipinski definition) is 2. The van der Waals surface area contributed by atoms with Gasteiger partial charge in [0, 0.05) is 0 Å². The summed E-state index contributed by atoms with van der Waals surface area (Å²) in [5.41, 5.74) is 1.61. The lowest BCUT2D eigenvalue weighted by atomic mass is 9.78. The number of hydrogen-bond acceptors (Lipinski definition) is 3. The summed E-state index contributed by atoms with van der Waals surface area (Å²) in [6.45, 7) is 1.88. The first-order valence-corrected chi connectivity index (χ1v) is 7.05. The minimum Gasteiger partial charge on any atom is -0.393 e. The minimum atomic E-state index is -4.16. The topological polar surface area (TPSA) is 74.6 Å². The van der Waals surface area contributed by atoms with Gasteiger partial charge >= 0.3 is 0 Å².